The zero-order valence-corrected chi connectivity index (χ0v) is 33.8. The molecule has 0 aromatic carbocycles. The Morgan fingerprint density at radius 1 is 0.836 bits per heavy atom. The fourth-order valence-electron chi connectivity index (χ4n) is 7.87. The summed E-state index contributed by atoms with van der Waals surface area (Å²) in [6.45, 7) is 7.85. The van der Waals surface area contributed by atoms with E-state index < -0.39 is 59.0 Å². The molecule has 0 unspecified atom stereocenters. The fourth-order valence-corrected chi connectivity index (χ4v) is 7.87. The number of ketones is 1. The molecule has 1 aromatic rings. The van der Waals surface area contributed by atoms with Crippen molar-refractivity contribution >= 4 is 75.8 Å². The molecule has 0 bridgehead atoms. The second-order valence-electron chi connectivity index (χ2n) is 15.5. The van der Waals surface area contributed by atoms with Crippen LogP contribution < -0.4 is 21.3 Å². The van der Waals surface area contributed by atoms with Crippen LogP contribution in [0.2, 0.25) is 0 Å². The number of rotatable bonds is 13. The molecule has 5 amide bonds. The zero-order valence-electron chi connectivity index (χ0n) is 30.8. The molecule has 4 fully saturated rings. The zero-order chi connectivity index (χ0) is 35.3. The first kappa shape index (κ1) is 54.3. The van der Waals surface area contributed by atoms with Gasteiger partial charge < -0.3 is 26.2 Å². The second-order valence-corrected chi connectivity index (χ2v) is 15.5. The Bertz CT molecular complexity index is 1410. The van der Waals surface area contributed by atoms with Gasteiger partial charge in [-0.15, -0.1) is 0 Å². The molecule has 1 aromatic heterocycles. The normalized spacial score (nSPS) is 21.6. The number of Topliss-reactive ketones (excluding diaryl/α,β-unsaturated/α-hetero) is 1. The summed E-state index contributed by atoms with van der Waals surface area (Å²) in [6, 6.07) is -3.68. The van der Waals surface area contributed by atoms with Crippen LogP contribution >= 0.6 is 40.5 Å². The molecule has 3 saturated carbocycles. The van der Waals surface area contributed by atoms with Crippen LogP contribution in [0.5, 0.6) is 0 Å². The van der Waals surface area contributed by atoms with Crippen LogP contribution in [0.15, 0.2) is 18.6 Å². The van der Waals surface area contributed by atoms with E-state index in [1.165, 1.54) is 18.6 Å². The van der Waals surface area contributed by atoms with E-state index in [2.05, 4.69) is 31.2 Å². The third-order valence-electron chi connectivity index (χ3n) is 10.7. The highest BCUT2D eigenvalue weighted by molar-refractivity contribution is 7.59. The fraction of sp³-hybridized carbons (Fsp3) is 0.744. The minimum atomic E-state index is -0.994. The van der Waals surface area contributed by atoms with Gasteiger partial charge in [-0.25, -0.2) is 4.98 Å². The van der Waals surface area contributed by atoms with Gasteiger partial charge in [0.1, 0.15) is 23.8 Å². The van der Waals surface area contributed by atoms with Crippen molar-refractivity contribution in [1.29, 1.82) is 0 Å². The summed E-state index contributed by atoms with van der Waals surface area (Å²) < 4.78 is 0. The predicted molar refractivity (Wildman–Crippen MR) is 232 cm³/mol. The van der Waals surface area contributed by atoms with Crippen molar-refractivity contribution in [3.05, 3.63) is 24.3 Å². The first-order valence-corrected chi connectivity index (χ1v) is 18.2. The van der Waals surface area contributed by atoms with Crippen molar-refractivity contribution in [3.63, 3.8) is 0 Å². The Hall–Kier alpha value is -2.85. The van der Waals surface area contributed by atoms with Gasteiger partial charge in [-0.2, -0.15) is 40.5 Å². The number of amides is 5. The van der Waals surface area contributed by atoms with Crippen LogP contribution in [0.4, 0.5) is 0 Å². The Morgan fingerprint density at radius 3 is 2.05 bits per heavy atom. The van der Waals surface area contributed by atoms with Crippen LogP contribution in [0.1, 0.15) is 138 Å². The molecule has 0 spiro atoms. The summed E-state index contributed by atoms with van der Waals surface area (Å²) in [7, 11) is 0. The quantitative estimate of drug-likeness (QED) is 0.207. The number of hydrogen-bond donors (Lipinski definition) is 4. The third kappa shape index (κ3) is 13.6. The molecule has 2 heterocycles. The molecular formula is C39H71N7O6S3. The largest absolute Gasteiger partial charge is 0.347 e. The van der Waals surface area contributed by atoms with E-state index in [-0.39, 0.29) is 98.2 Å². The van der Waals surface area contributed by atoms with Gasteiger partial charge in [-0.05, 0) is 68.1 Å². The van der Waals surface area contributed by atoms with Gasteiger partial charge >= 0.3 is 0 Å². The Labute approximate surface area is 350 Å². The first-order chi connectivity index (χ1) is 23.4. The first-order valence-electron chi connectivity index (χ1n) is 18.2. The maximum Gasteiger partial charge on any atom is 0.289 e. The minimum absolute atomic E-state index is 0. The SMILES string of the molecule is C.C.C.CCC[C@@H](NC(=O)[C@@H]1[C@@H]2CCC[C@H]2CN1C(=O)[C@@H](NC(=O)[C@@H](NC(=O)c1cnccn1)C1CCCCC1)C(C)(C)C)C(=O)C(=O)NC1CC1.S.S.S. The topological polar surface area (TPSA) is 180 Å². The van der Waals surface area contributed by atoms with Gasteiger partial charge in [0.2, 0.25) is 23.5 Å². The molecule has 55 heavy (non-hydrogen) atoms. The van der Waals surface area contributed by atoms with E-state index in [0.717, 1.165) is 64.2 Å². The van der Waals surface area contributed by atoms with Crippen molar-refractivity contribution in [2.45, 2.75) is 157 Å². The monoisotopic (exact) mass is 829 g/mol. The van der Waals surface area contributed by atoms with Gasteiger partial charge in [0, 0.05) is 25.0 Å². The maximum atomic E-state index is 14.6. The summed E-state index contributed by atoms with van der Waals surface area (Å²) in [5, 5.41) is 11.5. The van der Waals surface area contributed by atoms with E-state index in [4.69, 9.17) is 0 Å². The van der Waals surface area contributed by atoms with E-state index in [0.29, 0.717) is 19.4 Å². The number of fused-ring (bicyclic) bond motifs is 1. The summed E-state index contributed by atoms with van der Waals surface area (Å²) >= 11 is 0. The number of carbonyl (C=O) groups is 6. The molecule has 316 valence electrons. The van der Waals surface area contributed by atoms with Gasteiger partial charge in [0.25, 0.3) is 11.8 Å². The lowest BCUT2D eigenvalue weighted by Crippen LogP contribution is -2.62. The number of nitrogens with zero attached hydrogens (tertiary/aromatic N) is 3. The molecule has 13 nitrogen and oxygen atoms in total. The lowest BCUT2D eigenvalue weighted by Gasteiger charge is -2.38. The number of carbonyl (C=O) groups excluding carboxylic acids is 6. The lowest BCUT2D eigenvalue weighted by atomic mass is 9.82. The summed E-state index contributed by atoms with van der Waals surface area (Å²) in [5.74, 6) is -3.20. The van der Waals surface area contributed by atoms with E-state index in [1.807, 2.05) is 27.7 Å². The van der Waals surface area contributed by atoms with Crippen LogP contribution in [-0.2, 0) is 24.0 Å². The van der Waals surface area contributed by atoms with Crippen molar-refractivity contribution < 1.29 is 28.8 Å². The Balaban J connectivity index is 0. The Kier molecular flexibility index (Phi) is 23.7. The molecule has 4 aliphatic rings. The molecule has 1 saturated heterocycles. The van der Waals surface area contributed by atoms with Crippen LogP contribution in [0, 0.1) is 23.2 Å². The molecule has 1 aliphatic heterocycles. The Morgan fingerprint density at radius 2 is 1.49 bits per heavy atom. The van der Waals surface area contributed by atoms with E-state index in [1.54, 1.807) is 4.90 Å². The van der Waals surface area contributed by atoms with Gasteiger partial charge in [-0.1, -0.05) is 82.1 Å². The van der Waals surface area contributed by atoms with Gasteiger partial charge in [0.05, 0.1) is 12.2 Å². The summed E-state index contributed by atoms with van der Waals surface area (Å²) in [5.41, 5.74) is -0.638. The second kappa shape index (κ2) is 24.0. The standard InChI is InChI=1S/C36H53N7O6.3CH4.3H2S/c1-5-10-25(29(44)34(48)39-23-15-16-23)40-33(47)28-24-14-9-13-22(24)20-43(28)35(49)30(36(2,3)4)42-32(46)27(21-11-7-6-8-12-21)41-31(45)26-19-37-17-18-38-26;;;;;;/h17-19,21-25,27-28,30H,5-16,20H2,1-4H3,(H,39,48)(H,40,47)(H,41,45)(H,42,46);3*1H4;3*1H2/t22-,24+,25+,27-,28-,30+;;;;;;/m0....../s1. The van der Waals surface area contributed by atoms with Crippen LogP contribution in [0.25, 0.3) is 0 Å². The number of nitrogens with one attached hydrogen (secondary N) is 4. The van der Waals surface area contributed by atoms with E-state index in [9.17, 15) is 28.8 Å². The predicted octanol–water partition coefficient (Wildman–Crippen LogP) is 4.69. The van der Waals surface area contributed by atoms with Crippen LogP contribution in [0.3, 0.4) is 0 Å². The smallest absolute Gasteiger partial charge is 0.289 e. The number of aromatic nitrogens is 2. The van der Waals surface area contributed by atoms with E-state index >= 15 is 0 Å². The highest BCUT2D eigenvalue weighted by Crippen LogP contribution is 2.43. The van der Waals surface area contributed by atoms with Crippen molar-refractivity contribution in [2.24, 2.45) is 23.2 Å². The molecular weight excluding hydrogens is 759 g/mol. The lowest BCUT2D eigenvalue weighted by molar-refractivity contribution is -0.146. The van der Waals surface area contributed by atoms with Crippen molar-refractivity contribution in [2.75, 3.05) is 6.54 Å². The third-order valence-corrected chi connectivity index (χ3v) is 10.7. The highest BCUT2D eigenvalue weighted by atomic mass is 32.1. The molecule has 4 N–H and O–H groups in total. The van der Waals surface area contributed by atoms with Crippen molar-refractivity contribution in [3.8, 4) is 0 Å². The molecule has 0 radical (unpaired) electrons. The van der Waals surface area contributed by atoms with Gasteiger partial charge in [0.15, 0.2) is 0 Å². The highest BCUT2D eigenvalue weighted by Gasteiger charge is 2.52. The molecule has 3 aliphatic carbocycles. The van der Waals surface area contributed by atoms with Crippen molar-refractivity contribution in [1.82, 2.24) is 36.1 Å². The number of hydrogen-bond acceptors (Lipinski definition) is 8. The minimum Gasteiger partial charge on any atom is -0.347 e. The van der Waals surface area contributed by atoms with Crippen LogP contribution in [-0.4, -0.2) is 86.9 Å². The molecule has 6 atom stereocenters. The average molecular weight is 830 g/mol. The maximum absolute atomic E-state index is 14.6. The molecule has 5 rings (SSSR count). The van der Waals surface area contributed by atoms with Gasteiger partial charge in [-0.3, -0.25) is 33.8 Å². The summed E-state index contributed by atoms with van der Waals surface area (Å²) in [6.07, 6.45) is 13.9. The average Bonchev–Trinajstić information content (AvgIpc) is 3.65. The number of likely N-dealkylation sites (tertiary alicyclic amines) is 1. The molecule has 16 heteroatoms. The summed E-state index contributed by atoms with van der Waals surface area (Å²) in [4.78, 5) is 91.4.